The minimum atomic E-state index is -0.743. The fraction of sp³-hybridized carbons (Fsp3) is 0.800. The number of carbonyl (C=O) groups excluding carboxylic acids is 1. The molecule has 5 heteroatoms. The quantitative estimate of drug-likeness (QED) is 0.593. The summed E-state index contributed by atoms with van der Waals surface area (Å²) in [5.74, 6) is -0.539. The number of halogens is 1. The normalized spacial score (nSPS) is 21.0. The molecule has 0 aromatic carbocycles. The molecule has 0 aromatic rings. The molecule has 15 heavy (non-hydrogen) atoms. The molecule has 0 aromatic heterocycles. The second kappa shape index (κ2) is 6.10. The van der Waals surface area contributed by atoms with Crippen molar-refractivity contribution in [2.75, 3.05) is 13.1 Å². The highest BCUT2D eigenvalue weighted by molar-refractivity contribution is 9.09. The third-order valence-electron chi connectivity index (χ3n) is 2.49. The zero-order valence-corrected chi connectivity index (χ0v) is 10.2. The van der Waals surface area contributed by atoms with E-state index in [1.807, 2.05) is 4.90 Å². The molecule has 0 bridgehead atoms. The average molecular weight is 278 g/mol. The maximum Gasteiger partial charge on any atom is 0.303 e. The van der Waals surface area contributed by atoms with Crippen molar-refractivity contribution in [2.45, 2.75) is 36.9 Å². The van der Waals surface area contributed by atoms with Crippen LogP contribution in [0.4, 0.5) is 0 Å². The van der Waals surface area contributed by atoms with E-state index >= 15 is 0 Å². The molecular formula is C10H16BrNO3. The van der Waals surface area contributed by atoms with Crippen LogP contribution in [-0.2, 0) is 9.59 Å². The first-order valence-electron chi connectivity index (χ1n) is 5.23. The summed E-state index contributed by atoms with van der Waals surface area (Å²) in [5.41, 5.74) is 0. The van der Waals surface area contributed by atoms with Gasteiger partial charge in [-0.2, -0.15) is 0 Å². The molecule has 1 fully saturated rings. The van der Waals surface area contributed by atoms with E-state index in [9.17, 15) is 9.59 Å². The third-order valence-corrected chi connectivity index (χ3v) is 3.10. The van der Waals surface area contributed by atoms with Crippen molar-refractivity contribution in [3.63, 3.8) is 0 Å². The molecule has 4 nitrogen and oxygen atoms in total. The number of carbonyl (C=O) groups is 2. The van der Waals surface area contributed by atoms with Crippen LogP contribution in [0.25, 0.3) is 0 Å². The molecule has 0 saturated carbocycles. The zero-order valence-electron chi connectivity index (χ0n) is 8.62. The van der Waals surface area contributed by atoms with Crippen LogP contribution in [-0.4, -0.2) is 39.8 Å². The van der Waals surface area contributed by atoms with Gasteiger partial charge in [-0.3, -0.25) is 9.59 Å². The van der Waals surface area contributed by atoms with Crippen molar-refractivity contribution >= 4 is 27.8 Å². The predicted molar refractivity (Wildman–Crippen MR) is 60.0 cm³/mol. The summed E-state index contributed by atoms with van der Waals surface area (Å²) in [4.78, 5) is 23.7. The van der Waals surface area contributed by atoms with Gasteiger partial charge in [-0.25, -0.2) is 0 Å². The molecule has 0 radical (unpaired) electrons. The predicted octanol–water partition coefficient (Wildman–Crippen LogP) is 1.63. The van der Waals surface area contributed by atoms with Gasteiger partial charge in [0.25, 0.3) is 0 Å². The van der Waals surface area contributed by atoms with Crippen LogP contribution in [0.5, 0.6) is 0 Å². The summed E-state index contributed by atoms with van der Waals surface area (Å²) in [6, 6.07) is 0. The van der Waals surface area contributed by atoms with Crippen molar-refractivity contribution < 1.29 is 14.7 Å². The lowest BCUT2D eigenvalue weighted by atomic mass is 10.2. The number of nitrogens with zero attached hydrogens (tertiary/aromatic N) is 1. The number of hydrogen-bond donors (Lipinski definition) is 1. The first-order chi connectivity index (χ1) is 7.09. The van der Waals surface area contributed by atoms with Crippen LogP contribution in [0, 0.1) is 0 Å². The zero-order chi connectivity index (χ0) is 11.3. The van der Waals surface area contributed by atoms with Crippen molar-refractivity contribution in [2.24, 2.45) is 0 Å². The van der Waals surface area contributed by atoms with Gasteiger partial charge in [0.2, 0.25) is 5.91 Å². The van der Waals surface area contributed by atoms with Crippen LogP contribution >= 0.6 is 15.9 Å². The number of aliphatic carboxylic acids is 1. The molecule has 1 aliphatic rings. The number of hydrogen-bond acceptors (Lipinski definition) is 2. The summed E-state index contributed by atoms with van der Waals surface area (Å²) in [7, 11) is 0. The van der Waals surface area contributed by atoms with Gasteiger partial charge in [-0.15, -0.1) is 0 Å². The molecule has 1 unspecified atom stereocenters. The Labute approximate surface area is 97.8 Å². The second-order valence-corrected chi connectivity index (χ2v) is 5.14. The summed E-state index contributed by atoms with van der Waals surface area (Å²) in [5, 5.41) is 8.43. The first kappa shape index (κ1) is 12.5. The number of amides is 1. The lowest BCUT2D eigenvalue weighted by molar-refractivity contribution is -0.137. The van der Waals surface area contributed by atoms with Crippen LogP contribution in [0.2, 0.25) is 0 Å². The molecule has 1 amide bonds. The standard InChI is InChI=1S/C10H16BrNO3/c11-8-6-9(13)12(7-8)5-3-1-2-4-10(14)15/h8H,1-7H2,(H,14,15). The maximum absolute atomic E-state index is 11.4. The van der Waals surface area contributed by atoms with Crippen molar-refractivity contribution in [1.82, 2.24) is 4.90 Å². The molecule has 1 N–H and O–H groups in total. The number of alkyl halides is 1. The van der Waals surface area contributed by atoms with E-state index in [1.54, 1.807) is 0 Å². The van der Waals surface area contributed by atoms with Gasteiger partial charge in [-0.05, 0) is 12.8 Å². The van der Waals surface area contributed by atoms with Gasteiger partial charge in [0, 0.05) is 30.8 Å². The van der Waals surface area contributed by atoms with E-state index in [2.05, 4.69) is 15.9 Å². The number of carboxylic acid groups (broad SMARTS) is 1. The Kier molecular flexibility index (Phi) is 5.08. The van der Waals surface area contributed by atoms with Gasteiger partial charge in [0.05, 0.1) is 0 Å². The lowest BCUT2D eigenvalue weighted by Crippen LogP contribution is -2.26. The molecule has 1 aliphatic heterocycles. The summed E-state index contributed by atoms with van der Waals surface area (Å²) in [6.45, 7) is 1.55. The maximum atomic E-state index is 11.4. The van der Waals surface area contributed by atoms with Gasteiger partial charge in [-0.1, -0.05) is 22.4 Å². The minimum absolute atomic E-state index is 0.204. The number of likely N-dealkylation sites (tertiary alicyclic amines) is 1. The van der Waals surface area contributed by atoms with Crippen molar-refractivity contribution in [3.05, 3.63) is 0 Å². The Morgan fingerprint density at radius 3 is 2.73 bits per heavy atom. The van der Waals surface area contributed by atoms with Crippen LogP contribution in [0.1, 0.15) is 32.1 Å². The van der Waals surface area contributed by atoms with E-state index < -0.39 is 5.97 Å². The second-order valence-electron chi connectivity index (χ2n) is 3.85. The Morgan fingerprint density at radius 2 is 2.20 bits per heavy atom. The fourth-order valence-corrected chi connectivity index (χ4v) is 2.32. The van der Waals surface area contributed by atoms with Gasteiger partial charge in [0.1, 0.15) is 0 Å². The van der Waals surface area contributed by atoms with Gasteiger partial charge >= 0.3 is 5.97 Å². The Balaban J connectivity index is 2.05. The molecule has 0 spiro atoms. The number of rotatable bonds is 6. The summed E-state index contributed by atoms with van der Waals surface area (Å²) >= 11 is 3.42. The van der Waals surface area contributed by atoms with Crippen molar-refractivity contribution in [1.29, 1.82) is 0 Å². The van der Waals surface area contributed by atoms with E-state index in [-0.39, 0.29) is 12.3 Å². The topological polar surface area (TPSA) is 57.6 Å². The van der Waals surface area contributed by atoms with E-state index in [0.717, 1.165) is 25.9 Å². The largest absolute Gasteiger partial charge is 0.481 e. The first-order valence-corrected chi connectivity index (χ1v) is 6.15. The molecule has 1 rings (SSSR count). The molecular weight excluding hydrogens is 262 g/mol. The third kappa shape index (κ3) is 4.64. The highest BCUT2D eigenvalue weighted by Crippen LogP contribution is 2.18. The molecule has 86 valence electrons. The van der Waals surface area contributed by atoms with Gasteiger partial charge in [0.15, 0.2) is 0 Å². The molecule has 0 aliphatic carbocycles. The number of unbranched alkanes of at least 4 members (excludes halogenated alkanes) is 2. The van der Waals surface area contributed by atoms with E-state index in [1.165, 1.54) is 0 Å². The molecule has 1 atom stereocenters. The Bertz CT molecular complexity index is 245. The van der Waals surface area contributed by atoms with Crippen LogP contribution in [0.15, 0.2) is 0 Å². The smallest absolute Gasteiger partial charge is 0.303 e. The molecule has 1 saturated heterocycles. The molecule has 1 heterocycles. The van der Waals surface area contributed by atoms with Crippen molar-refractivity contribution in [3.8, 4) is 0 Å². The average Bonchev–Trinajstić information content (AvgIpc) is 2.44. The van der Waals surface area contributed by atoms with Crippen LogP contribution < -0.4 is 0 Å². The Morgan fingerprint density at radius 1 is 1.47 bits per heavy atom. The fourth-order valence-electron chi connectivity index (χ4n) is 1.70. The lowest BCUT2D eigenvalue weighted by Gasteiger charge is -2.14. The highest BCUT2D eigenvalue weighted by atomic mass is 79.9. The van der Waals surface area contributed by atoms with Gasteiger partial charge < -0.3 is 10.0 Å². The Hall–Kier alpha value is -0.580. The SMILES string of the molecule is O=C(O)CCCCCN1CC(Br)CC1=O. The summed E-state index contributed by atoms with van der Waals surface area (Å²) in [6.07, 6.45) is 3.31. The van der Waals surface area contributed by atoms with E-state index in [0.29, 0.717) is 17.7 Å². The monoisotopic (exact) mass is 277 g/mol. The minimum Gasteiger partial charge on any atom is -0.481 e. The van der Waals surface area contributed by atoms with Crippen LogP contribution in [0.3, 0.4) is 0 Å². The number of carboxylic acids is 1. The highest BCUT2D eigenvalue weighted by Gasteiger charge is 2.26. The summed E-state index contributed by atoms with van der Waals surface area (Å²) < 4.78 is 0. The van der Waals surface area contributed by atoms with E-state index in [4.69, 9.17) is 5.11 Å².